The molecular weight excluding hydrogens is 246 g/mol. The molecule has 1 unspecified atom stereocenters. The fourth-order valence-corrected chi connectivity index (χ4v) is 2.61. The third-order valence-corrected chi connectivity index (χ3v) is 3.93. The Hall–Kier alpha value is -1.45. The molecule has 20 heavy (non-hydrogen) atoms. The molecule has 0 spiro atoms. The van der Waals surface area contributed by atoms with Crippen molar-refractivity contribution in [1.82, 2.24) is 9.88 Å². The van der Waals surface area contributed by atoms with Crippen LogP contribution >= 0.6 is 0 Å². The Bertz CT molecular complexity index is 529. The molecule has 108 valence electrons. The molecule has 1 aromatic carbocycles. The van der Waals surface area contributed by atoms with E-state index in [2.05, 4.69) is 48.0 Å². The lowest BCUT2D eigenvalue weighted by molar-refractivity contribution is 0.290. The molecule has 2 N–H and O–H groups in total. The van der Waals surface area contributed by atoms with Crippen molar-refractivity contribution < 1.29 is 0 Å². The number of hydrogen-bond donors (Lipinski definition) is 1. The minimum atomic E-state index is 0.210. The topological polar surface area (TPSA) is 42.1 Å². The molecule has 0 radical (unpaired) electrons. The largest absolute Gasteiger partial charge is 0.327 e. The van der Waals surface area contributed by atoms with Gasteiger partial charge in [0.2, 0.25) is 0 Å². The van der Waals surface area contributed by atoms with Crippen LogP contribution in [0.15, 0.2) is 36.5 Å². The number of pyridine rings is 1. The molecule has 1 aromatic heterocycles. The summed E-state index contributed by atoms with van der Waals surface area (Å²) < 4.78 is 0. The van der Waals surface area contributed by atoms with E-state index >= 15 is 0 Å². The van der Waals surface area contributed by atoms with Crippen molar-refractivity contribution in [2.24, 2.45) is 5.73 Å². The summed E-state index contributed by atoms with van der Waals surface area (Å²) in [5, 5.41) is 1.23. The zero-order chi connectivity index (χ0) is 14.4. The summed E-state index contributed by atoms with van der Waals surface area (Å²) in [5.74, 6) is 0. The summed E-state index contributed by atoms with van der Waals surface area (Å²) in [6, 6.07) is 10.6. The molecular formula is C17H25N3. The molecule has 1 atom stereocenters. The lowest BCUT2D eigenvalue weighted by atomic mass is 10.0. The molecule has 3 nitrogen and oxygen atoms in total. The first-order valence-corrected chi connectivity index (χ1v) is 7.55. The van der Waals surface area contributed by atoms with Crippen molar-refractivity contribution in [3.8, 4) is 0 Å². The molecule has 0 amide bonds. The Morgan fingerprint density at radius 2 is 1.90 bits per heavy atom. The third kappa shape index (κ3) is 3.78. The summed E-state index contributed by atoms with van der Waals surface area (Å²) in [5.41, 5.74) is 8.67. The van der Waals surface area contributed by atoms with Gasteiger partial charge in [-0.25, -0.2) is 0 Å². The van der Waals surface area contributed by atoms with Crippen LogP contribution in [0.3, 0.4) is 0 Å². The maximum atomic E-state index is 6.31. The first kappa shape index (κ1) is 14.9. The minimum Gasteiger partial charge on any atom is -0.327 e. The van der Waals surface area contributed by atoms with Gasteiger partial charge in [0.05, 0.1) is 5.52 Å². The first-order chi connectivity index (χ1) is 9.74. The summed E-state index contributed by atoms with van der Waals surface area (Å²) >= 11 is 0. The average Bonchev–Trinajstić information content (AvgIpc) is 2.49. The first-order valence-electron chi connectivity index (χ1n) is 7.55. The van der Waals surface area contributed by atoms with Gasteiger partial charge in [0.1, 0.15) is 0 Å². The molecule has 0 fully saturated rings. The highest BCUT2D eigenvalue weighted by molar-refractivity contribution is 5.81. The van der Waals surface area contributed by atoms with Crippen LogP contribution < -0.4 is 5.73 Å². The number of aromatic nitrogens is 1. The molecule has 0 bridgehead atoms. The fraction of sp³-hybridized carbons (Fsp3) is 0.471. The maximum absolute atomic E-state index is 6.31. The second-order valence-corrected chi connectivity index (χ2v) is 5.27. The van der Waals surface area contributed by atoms with Crippen molar-refractivity contribution in [2.75, 3.05) is 19.6 Å². The number of nitrogens with two attached hydrogens (primary N) is 1. The van der Waals surface area contributed by atoms with E-state index in [9.17, 15) is 0 Å². The average molecular weight is 271 g/mol. The Morgan fingerprint density at radius 1 is 1.15 bits per heavy atom. The highest BCUT2D eigenvalue weighted by Crippen LogP contribution is 2.17. The van der Waals surface area contributed by atoms with Crippen LogP contribution in [-0.2, 0) is 6.42 Å². The van der Waals surface area contributed by atoms with E-state index in [1.54, 1.807) is 0 Å². The highest BCUT2D eigenvalue weighted by atomic mass is 15.1. The number of hydrogen-bond acceptors (Lipinski definition) is 3. The number of benzene rings is 1. The lowest BCUT2D eigenvalue weighted by Gasteiger charge is -2.20. The SMILES string of the molecule is CCN(CC)CCC(N)Cc1ccnc2ccccc12. The molecule has 0 aliphatic carbocycles. The lowest BCUT2D eigenvalue weighted by Crippen LogP contribution is -2.31. The van der Waals surface area contributed by atoms with E-state index in [0.29, 0.717) is 0 Å². The molecule has 0 saturated heterocycles. The Kier molecular flexibility index (Phi) is 5.50. The molecule has 0 aliphatic rings. The molecule has 2 aromatic rings. The van der Waals surface area contributed by atoms with Gasteiger partial charge in [0.25, 0.3) is 0 Å². The Labute approximate surface area is 121 Å². The van der Waals surface area contributed by atoms with Gasteiger partial charge >= 0.3 is 0 Å². The zero-order valence-corrected chi connectivity index (χ0v) is 12.5. The standard InChI is InChI=1S/C17H25N3/c1-3-20(4-2)12-10-15(18)13-14-9-11-19-17-8-6-5-7-16(14)17/h5-9,11,15H,3-4,10,12-13,18H2,1-2H3. The summed E-state index contributed by atoms with van der Waals surface area (Å²) in [6.07, 6.45) is 3.84. The van der Waals surface area contributed by atoms with Crippen molar-refractivity contribution in [1.29, 1.82) is 0 Å². The van der Waals surface area contributed by atoms with Crippen LogP contribution in [0.5, 0.6) is 0 Å². The molecule has 0 aliphatic heterocycles. The van der Waals surface area contributed by atoms with E-state index in [0.717, 1.165) is 38.0 Å². The zero-order valence-electron chi connectivity index (χ0n) is 12.5. The van der Waals surface area contributed by atoms with Crippen LogP contribution in [-0.4, -0.2) is 35.6 Å². The second kappa shape index (κ2) is 7.36. The summed E-state index contributed by atoms with van der Waals surface area (Å²) in [7, 11) is 0. The predicted octanol–water partition coefficient (Wildman–Crippen LogP) is 2.84. The van der Waals surface area contributed by atoms with E-state index in [1.165, 1.54) is 10.9 Å². The van der Waals surface area contributed by atoms with Gasteiger partial charge in [0.15, 0.2) is 0 Å². The number of para-hydroxylation sites is 1. The van der Waals surface area contributed by atoms with Gasteiger partial charge in [0, 0.05) is 17.6 Å². The van der Waals surface area contributed by atoms with Crippen molar-refractivity contribution >= 4 is 10.9 Å². The van der Waals surface area contributed by atoms with Gasteiger partial charge in [-0.2, -0.15) is 0 Å². The second-order valence-electron chi connectivity index (χ2n) is 5.27. The van der Waals surface area contributed by atoms with Crippen LogP contribution in [0.25, 0.3) is 10.9 Å². The van der Waals surface area contributed by atoms with Crippen LogP contribution in [0.2, 0.25) is 0 Å². The van der Waals surface area contributed by atoms with E-state index < -0.39 is 0 Å². The fourth-order valence-electron chi connectivity index (χ4n) is 2.61. The highest BCUT2D eigenvalue weighted by Gasteiger charge is 2.09. The smallest absolute Gasteiger partial charge is 0.0704 e. The molecule has 3 heteroatoms. The quantitative estimate of drug-likeness (QED) is 0.842. The number of fused-ring (bicyclic) bond motifs is 1. The molecule has 2 rings (SSSR count). The van der Waals surface area contributed by atoms with Gasteiger partial charge in [-0.05, 0) is 50.2 Å². The van der Waals surface area contributed by atoms with Crippen molar-refractivity contribution in [3.63, 3.8) is 0 Å². The molecule has 1 heterocycles. The van der Waals surface area contributed by atoms with Crippen molar-refractivity contribution in [2.45, 2.75) is 32.7 Å². The maximum Gasteiger partial charge on any atom is 0.0704 e. The predicted molar refractivity (Wildman–Crippen MR) is 85.8 cm³/mol. The number of nitrogens with zero attached hydrogens (tertiary/aromatic N) is 2. The van der Waals surface area contributed by atoms with E-state index in [4.69, 9.17) is 5.73 Å². The van der Waals surface area contributed by atoms with E-state index in [1.807, 2.05) is 12.3 Å². The van der Waals surface area contributed by atoms with Gasteiger partial charge in [-0.1, -0.05) is 32.0 Å². The van der Waals surface area contributed by atoms with Gasteiger partial charge in [-0.15, -0.1) is 0 Å². The summed E-state index contributed by atoms with van der Waals surface area (Å²) in [6.45, 7) is 7.68. The van der Waals surface area contributed by atoms with Crippen LogP contribution in [0, 0.1) is 0 Å². The Morgan fingerprint density at radius 3 is 2.65 bits per heavy atom. The normalized spacial score (nSPS) is 13.0. The number of rotatable bonds is 7. The molecule has 0 saturated carbocycles. The van der Waals surface area contributed by atoms with Gasteiger partial charge < -0.3 is 10.6 Å². The van der Waals surface area contributed by atoms with Crippen LogP contribution in [0.1, 0.15) is 25.8 Å². The summed E-state index contributed by atoms with van der Waals surface area (Å²) in [4.78, 5) is 6.82. The van der Waals surface area contributed by atoms with Gasteiger partial charge in [-0.3, -0.25) is 4.98 Å². The minimum absolute atomic E-state index is 0.210. The van der Waals surface area contributed by atoms with Crippen molar-refractivity contribution in [3.05, 3.63) is 42.1 Å². The Balaban J connectivity index is 2.01. The third-order valence-electron chi connectivity index (χ3n) is 3.93. The van der Waals surface area contributed by atoms with E-state index in [-0.39, 0.29) is 6.04 Å². The monoisotopic (exact) mass is 271 g/mol. The van der Waals surface area contributed by atoms with Crippen LogP contribution in [0.4, 0.5) is 0 Å².